The van der Waals surface area contributed by atoms with Crippen molar-refractivity contribution in [3.63, 3.8) is 0 Å². The van der Waals surface area contributed by atoms with Crippen LogP contribution in [0.15, 0.2) is 22.7 Å². The van der Waals surface area contributed by atoms with Gasteiger partial charge in [0.1, 0.15) is 0 Å². The van der Waals surface area contributed by atoms with Crippen molar-refractivity contribution in [1.82, 2.24) is 5.16 Å². The van der Waals surface area contributed by atoms with Crippen LogP contribution in [-0.2, 0) is 0 Å². The molecule has 0 radical (unpaired) electrons. The van der Waals surface area contributed by atoms with Crippen LogP contribution < -0.4 is 9.47 Å². The standard InChI is InChI=1S/C15H16N2O5/c1-4-21-12-7-5-11(9-14(12)20-3)6-8-13-15(17(18)19)10(2)16-22-13/h5-9H,4H2,1-3H3/b8-6-. The number of hydrogen-bond donors (Lipinski definition) is 0. The maximum Gasteiger partial charge on any atom is 0.338 e. The summed E-state index contributed by atoms with van der Waals surface area (Å²) in [6.45, 7) is 3.95. The van der Waals surface area contributed by atoms with E-state index in [0.29, 0.717) is 18.1 Å². The highest BCUT2D eigenvalue weighted by atomic mass is 16.6. The quantitative estimate of drug-likeness (QED) is 0.600. The van der Waals surface area contributed by atoms with E-state index < -0.39 is 4.92 Å². The van der Waals surface area contributed by atoms with Gasteiger partial charge < -0.3 is 14.0 Å². The number of benzene rings is 1. The van der Waals surface area contributed by atoms with Gasteiger partial charge in [-0.25, -0.2) is 0 Å². The Morgan fingerprint density at radius 2 is 2.14 bits per heavy atom. The van der Waals surface area contributed by atoms with Gasteiger partial charge in [-0.2, -0.15) is 0 Å². The monoisotopic (exact) mass is 304 g/mol. The van der Waals surface area contributed by atoms with Gasteiger partial charge in [0.2, 0.25) is 5.76 Å². The van der Waals surface area contributed by atoms with E-state index in [9.17, 15) is 10.1 Å². The van der Waals surface area contributed by atoms with Gasteiger partial charge >= 0.3 is 5.69 Å². The Morgan fingerprint density at radius 3 is 2.77 bits per heavy atom. The molecule has 0 amide bonds. The normalized spacial score (nSPS) is 10.9. The Hall–Kier alpha value is -2.83. The fourth-order valence-electron chi connectivity index (χ4n) is 1.95. The number of hydrogen-bond acceptors (Lipinski definition) is 6. The van der Waals surface area contributed by atoms with Gasteiger partial charge in [-0.15, -0.1) is 0 Å². The van der Waals surface area contributed by atoms with Crippen molar-refractivity contribution in [3.8, 4) is 11.5 Å². The molecular weight excluding hydrogens is 288 g/mol. The van der Waals surface area contributed by atoms with Crippen molar-refractivity contribution in [3.05, 3.63) is 45.3 Å². The predicted molar refractivity (Wildman–Crippen MR) is 81.0 cm³/mol. The Bertz CT molecular complexity index is 706. The Kier molecular flexibility index (Phi) is 4.77. The van der Waals surface area contributed by atoms with Gasteiger partial charge in [0.25, 0.3) is 0 Å². The third kappa shape index (κ3) is 3.25. The van der Waals surface area contributed by atoms with Gasteiger partial charge in [0.05, 0.1) is 18.6 Å². The summed E-state index contributed by atoms with van der Waals surface area (Å²) in [5, 5.41) is 14.6. The summed E-state index contributed by atoms with van der Waals surface area (Å²) in [5.74, 6) is 1.34. The van der Waals surface area contributed by atoms with Crippen molar-refractivity contribution >= 4 is 17.8 Å². The minimum Gasteiger partial charge on any atom is -0.493 e. The zero-order chi connectivity index (χ0) is 16.1. The van der Waals surface area contributed by atoms with E-state index in [1.807, 2.05) is 13.0 Å². The lowest BCUT2D eigenvalue weighted by Gasteiger charge is -2.09. The van der Waals surface area contributed by atoms with Crippen molar-refractivity contribution < 1.29 is 18.9 Å². The molecule has 116 valence electrons. The summed E-state index contributed by atoms with van der Waals surface area (Å²) in [6.07, 6.45) is 3.19. The maximum atomic E-state index is 11.0. The van der Waals surface area contributed by atoms with Gasteiger partial charge in [-0.1, -0.05) is 17.3 Å². The first kappa shape index (κ1) is 15.6. The van der Waals surface area contributed by atoms with Crippen LogP contribution in [0, 0.1) is 17.0 Å². The highest BCUT2D eigenvalue weighted by molar-refractivity contribution is 5.72. The number of ether oxygens (including phenoxy) is 2. The largest absolute Gasteiger partial charge is 0.493 e. The zero-order valence-electron chi connectivity index (χ0n) is 12.5. The van der Waals surface area contributed by atoms with Crippen molar-refractivity contribution in [1.29, 1.82) is 0 Å². The Balaban J connectivity index is 2.29. The molecule has 0 saturated carbocycles. The lowest BCUT2D eigenvalue weighted by molar-refractivity contribution is -0.386. The second kappa shape index (κ2) is 6.75. The first-order valence-corrected chi connectivity index (χ1v) is 6.66. The fraction of sp³-hybridized carbons (Fsp3) is 0.267. The predicted octanol–water partition coefficient (Wildman–Crippen LogP) is 3.47. The van der Waals surface area contributed by atoms with E-state index >= 15 is 0 Å². The highest BCUT2D eigenvalue weighted by Crippen LogP contribution is 2.29. The van der Waals surface area contributed by atoms with E-state index in [-0.39, 0.29) is 17.1 Å². The Labute approximate surface area is 127 Å². The van der Waals surface area contributed by atoms with Crippen LogP contribution in [0.1, 0.15) is 23.9 Å². The molecule has 22 heavy (non-hydrogen) atoms. The van der Waals surface area contributed by atoms with Gasteiger partial charge in [0, 0.05) is 0 Å². The van der Waals surface area contributed by atoms with Crippen LogP contribution in [-0.4, -0.2) is 23.8 Å². The van der Waals surface area contributed by atoms with Crippen molar-refractivity contribution in [2.45, 2.75) is 13.8 Å². The molecule has 1 aromatic heterocycles. The minimum atomic E-state index is -0.510. The molecule has 0 bridgehead atoms. The number of aromatic nitrogens is 1. The van der Waals surface area contributed by atoms with Crippen LogP contribution in [0.3, 0.4) is 0 Å². The van der Waals surface area contributed by atoms with Crippen LogP contribution in [0.4, 0.5) is 5.69 Å². The van der Waals surface area contributed by atoms with Crippen LogP contribution in [0.5, 0.6) is 11.5 Å². The van der Waals surface area contributed by atoms with E-state index in [1.54, 1.807) is 25.3 Å². The molecule has 0 N–H and O–H groups in total. The average Bonchev–Trinajstić information content (AvgIpc) is 2.87. The summed E-state index contributed by atoms with van der Waals surface area (Å²) in [4.78, 5) is 10.5. The molecule has 0 fully saturated rings. The Morgan fingerprint density at radius 1 is 1.36 bits per heavy atom. The van der Waals surface area contributed by atoms with Gasteiger partial charge in [0.15, 0.2) is 17.2 Å². The van der Waals surface area contributed by atoms with E-state index in [0.717, 1.165) is 5.56 Å². The molecule has 0 aliphatic rings. The molecule has 0 saturated heterocycles. The molecule has 0 atom stereocenters. The first-order chi connectivity index (χ1) is 10.6. The van der Waals surface area contributed by atoms with Gasteiger partial charge in [-0.3, -0.25) is 10.1 Å². The fourth-order valence-corrected chi connectivity index (χ4v) is 1.95. The number of methoxy groups -OCH3 is 1. The number of rotatable bonds is 6. The molecule has 7 heteroatoms. The van der Waals surface area contributed by atoms with E-state index in [1.165, 1.54) is 13.0 Å². The third-order valence-electron chi connectivity index (χ3n) is 2.95. The van der Waals surface area contributed by atoms with Crippen LogP contribution >= 0.6 is 0 Å². The summed E-state index contributed by atoms with van der Waals surface area (Å²) < 4.78 is 15.6. The van der Waals surface area contributed by atoms with Crippen molar-refractivity contribution in [2.75, 3.05) is 13.7 Å². The zero-order valence-corrected chi connectivity index (χ0v) is 12.5. The highest BCUT2D eigenvalue weighted by Gasteiger charge is 2.21. The summed E-state index contributed by atoms with van der Waals surface area (Å²) >= 11 is 0. The second-order valence-electron chi connectivity index (χ2n) is 4.41. The molecule has 1 aromatic carbocycles. The lowest BCUT2D eigenvalue weighted by atomic mass is 10.1. The molecule has 2 rings (SSSR count). The molecule has 1 heterocycles. The summed E-state index contributed by atoms with van der Waals surface area (Å²) in [6, 6.07) is 5.37. The SMILES string of the molecule is CCOc1ccc(/C=C\c2onc(C)c2[N+](=O)[O-])cc1OC. The van der Waals surface area contributed by atoms with Crippen LogP contribution in [0.25, 0.3) is 12.2 Å². The smallest absolute Gasteiger partial charge is 0.338 e. The number of aryl methyl sites for hydroxylation is 1. The topological polar surface area (TPSA) is 87.6 Å². The van der Waals surface area contributed by atoms with Crippen molar-refractivity contribution in [2.24, 2.45) is 0 Å². The number of nitro groups is 1. The lowest BCUT2D eigenvalue weighted by Crippen LogP contribution is -1.95. The minimum absolute atomic E-state index is 0.107. The second-order valence-corrected chi connectivity index (χ2v) is 4.41. The molecule has 7 nitrogen and oxygen atoms in total. The first-order valence-electron chi connectivity index (χ1n) is 6.66. The third-order valence-corrected chi connectivity index (χ3v) is 2.95. The molecule has 2 aromatic rings. The number of nitrogens with zero attached hydrogens (tertiary/aromatic N) is 2. The van der Waals surface area contributed by atoms with E-state index in [4.69, 9.17) is 14.0 Å². The summed E-state index contributed by atoms with van der Waals surface area (Å²) in [7, 11) is 1.55. The van der Waals surface area contributed by atoms with Gasteiger partial charge in [-0.05, 0) is 37.6 Å². The summed E-state index contributed by atoms with van der Waals surface area (Å²) in [5.41, 5.74) is 0.909. The average molecular weight is 304 g/mol. The molecule has 0 unspecified atom stereocenters. The van der Waals surface area contributed by atoms with Crippen LogP contribution in [0.2, 0.25) is 0 Å². The molecule has 0 aliphatic heterocycles. The molecular formula is C15H16N2O5. The van der Waals surface area contributed by atoms with E-state index in [2.05, 4.69) is 5.16 Å². The maximum absolute atomic E-state index is 11.0. The molecule has 0 spiro atoms. The molecule has 0 aliphatic carbocycles.